The van der Waals surface area contributed by atoms with Gasteiger partial charge in [0.1, 0.15) is 35.7 Å². The van der Waals surface area contributed by atoms with Crippen LogP contribution in [0, 0.1) is 5.41 Å². The van der Waals surface area contributed by atoms with Crippen LogP contribution in [0.2, 0.25) is 0 Å². The number of benzene rings is 2. The number of hydrogen-bond donors (Lipinski definition) is 2. The quantitative estimate of drug-likeness (QED) is 0.471. The molecule has 0 saturated carbocycles. The Morgan fingerprint density at radius 2 is 1.65 bits per heavy atom. The van der Waals surface area contributed by atoms with E-state index in [4.69, 9.17) is 14.5 Å². The van der Waals surface area contributed by atoms with Crippen molar-refractivity contribution >= 4 is 17.9 Å². The van der Waals surface area contributed by atoms with E-state index in [-0.39, 0.29) is 34.6 Å². The maximum atomic E-state index is 12.9. The van der Waals surface area contributed by atoms with Gasteiger partial charge in [-0.2, -0.15) is 10.1 Å². The Kier molecular flexibility index (Phi) is 6.45. The number of fused-ring (bicyclic) bond motifs is 1. The van der Waals surface area contributed by atoms with Gasteiger partial charge >= 0.3 is 0 Å². The molecule has 192 valence electrons. The van der Waals surface area contributed by atoms with Crippen molar-refractivity contribution in [2.75, 3.05) is 19.5 Å². The van der Waals surface area contributed by atoms with Gasteiger partial charge in [-0.1, -0.05) is 38.1 Å². The molecule has 3 aromatic rings. The summed E-state index contributed by atoms with van der Waals surface area (Å²) in [6.07, 6.45) is 3.84. The highest BCUT2D eigenvalue weighted by atomic mass is 16.5. The number of carbonyl (C=O) groups excluding carboxylic acids is 1. The van der Waals surface area contributed by atoms with E-state index in [9.17, 15) is 9.90 Å². The molecule has 0 spiro atoms. The fourth-order valence-corrected chi connectivity index (χ4v) is 5.12. The molecule has 2 N–H and O–H groups in total. The summed E-state index contributed by atoms with van der Waals surface area (Å²) >= 11 is 0. The van der Waals surface area contributed by atoms with E-state index in [1.165, 1.54) is 12.5 Å². The van der Waals surface area contributed by atoms with Crippen molar-refractivity contribution < 1.29 is 19.4 Å². The van der Waals surface area contributed by atoms with E-state index in [0.717, 1.165) is 22.6 Å². The molecule has 0 amide bonds. The number of aliphatic hydroxyl groups excluding tert-OH is 1. The summed E-state index contributed by atoms with van der Waals surface area (Å²) in [4.78, 5) is 22.3. The third-order valence-corrected chi connectivity index (χ3v) is 6.99. The van der Waals surface area contributed by atoms with Gasteiger partial charge in [-0.25, -0.2) is 4.68 Å². The summed E-state index contributed by atoms with van der Waals surface area (Å²) in [5.41, 5.74) is 1.93. The number of Topliss-reactive ketones (excluding diaryl/α,β-unsaturated/α-hetero) is 1. The summed E-state index contributed by atoms with van der Waals surface area (Å²) in [5, 5.41) is 18.7. The Hall–Kier alpha value is -4.14. The standard InChI is InChI=1S/C28H31N5O4/c1-28(2)13-22(34)21(23(35)14-28)15-29-25-24(17-5-9-19(36-3)10-6-17)32-27-30-16-31-33(27)26(25)18-7-11-20(37-4)12-8-18/h5-12,15-16,24-26,34H,13-14H2,1-4H3,(H,30,31,32)/t24-,25-,26+/m0/s1. The number of anilines is 1. The Bertz CT molecular complexity index is 1340. The summed E-state index contributed by atoms with van der Waals surface area (Å²) in [6.45, 7) is 3.96. The monoisotopic (exact) mass is 501 g/mol. The summed E-state index contributed by atoms with van der Waals surface area (Å²) in [7, 11) is 3.26. The molecule has 0 bridgehead atoms. The number of ether oxygens (including phenoxy) is 2. The molecule has 2 aliphatic rings. The van der Waals surface area contributed by atoms with E-state index in [1.54, 1.807) is 14.2 Å². The van der Waals surface area contributed by atoms with Gasteiger partial charge in [0.25, 0.3) is 0 Å². The summed E-state index contributed by atoms with van der Waals surface area (Å²) in [6, 6.07) is 14.5. The first-order valence-corrected chi connectivity index (χ1v) is 12.2. The van der Waals surface area contributed by atoms with Crippen LogP contribution in [0.15, 0.2) is 71.2 Å². The van der Waals surface area contributed by atoms with Crippen LogP contribution in [-0.4, -0.2) is 52.1 Å². The Morgan fingerprint density at radius 3 is 2.24 bits per heavy atom. The number of aliphatic hydroxyl groups is 1. The number of ketones is 1. The van der Waals surface area contributed by atoms with E-state index in [2.05, 4.69) is 15.4 Å². The Labute approximate surface area is 215 Å². The first-order valence-electron chi connectivity index (χ1n) is 12.2. The molecule has 1 aliphatic heterocycles. The van der Waals surface area contributed by atoms with Crippen LogP contribution < -0.4 is 14.8 Å². The second-order valence-corrected chi connectivity index (χ2v) is 10.2. The molecule has 0 radical (unpaired) electrons. The van der Waals surface area contributed by atoms with E-state index >= 15 is 0 Å². The van der Waals surface area contributed by atoms with Crippen LogP contribution in [0.1, 0.15) is 49.9 Å². The minimum atomic E-state index is -0.418. The predicted octanol–water partition coefficient (Wildman–Crippen LogP) is 4.69. The highest BCUT2D eigenvalue weighted by Crippen LogP contribution is 2.41. The zero-order chi connectivity index (χ0) is 26.2. The van der Waals surface area contributed by atoms with Crippen LogP contribution in [0.4, 0.5) is 5.95 Å². The number of methoxy groups -OCH3 is 2. The van der Waals surface area contributed by atoms with E-state index < -0.39 is 6.04 Å². The molecule has 2 aromatic carbocycles. The van der Waals surface area contributed by atoms with Gasteiger partial charge in [-0.05, 0) is 40.8 Å². The third-order valence-electron chi connectivity index (χ3n) is 6.99. The second-order valence-electron chi connectivity index (χ2n) is 10.2. The number of aliphatic imine (C=N–C) groups is 1. The molecule has 0 unspecified atom stereocenters. The molecule has 1 aliphatic carbocycles. The van der Waals surface area contributed by atoms with Gasteiger partial charge in [0.15, 0.2) is 5.78 Å². The number of carbonyl (C=O) groups is 1. The van der Waals surface area contributed by atoms with E-state index in [0.29, 0.717) is 18.8 Å². The van der Waals surface area contributed by atoms with Crippen molar-refractivity contribution in [2.45, 2.75) is 44.8 Å². The molecule has 3 atom stereocenters. The molecule has 37 heavy (non-hydrogen) atoms. The summed E-state index contributed by atoms with van der Waals surface area (Å²) in [5.74, 6) is 2.08. The maximum Gasteiger partial charge on any atom is 0.222 e. The number of nitrogens with one attached hydrogen (secondary N) is 1. The average molecular weight is 502 g/mol. The second kappa shape index (κ2) is 9.72. The van der Waals surface area contributed by atoms with Crippen molar-refractivity contribution in [1.82, 2.24) is 14.8 Å². The minimum Gasteiger partial charge on any atom is -0.511 e. The number of hydrogen-bond acceptors (Lipinski definition) is 8. The molecule has 0 saturated heterocycles. The van der Waals surface area contributed by atoms with Gasteiger partial charge < -0.3 is 19.9 Å². The smallest absolute Gasteiger partial charge is 0.222 e. The topological polar surface area (TPSA) is 111 Å². The number of aromatic nitrogens is 3. The number of nitrogens with zero attached hydrogens (tertiary/aromatic N) is 4. The average Bonchev–Trinajstić information content (AvgIpc) is 3.35. The van der Waals surface area contributed by atoms with Crippen LogP contribution in [0.3, 0.4) is 0 Å². The zero-order valence-corrected chi connectivity index (χ0v) is 21.4. The highest BCUT2D eigenvalue weighted by Gasteiger charge is 2.40. The first-order chi connectivity index (χ1) is 17.8. The van der Waals surface area contributed by atoms with Gasteiger partial charge in [-0.15, -0.1) is 0 Å². The molecule has 9 heteroatoms. The molecule has 0 fully saturated rings. The molecule has 9 nitrogen and oxygen atoms in total. The number of rotatable bonds is 6. The van der Waals surface area contributed by atoms with Crippen LogP contribution >= 0.6 is 0 Å². The normalized spacial score (nSPS) is 23.0. The lowest BCUT2D eigenvalue weighted by Crippen LogP contribution is -2.40. The SMILES string of the molecule is COc1ccc([C@@H]2[C@@H](N=CC3=C(O)CC(C)(C)CC3=O)[C@H](c3ccc(OC)cc3)Nc3ncnn32)cc1. The first kappa shape index (κ1) is 24.5. The van der Waals surface area contributed by atoms with Gasteiger partial charge in [-0.3, -0.25) is 9.79 Å². The van der Waals surface area contributed by atoms with Gasteiger partial charge in [0.2, 0.25) is 5.95 Å². The van der Waals surface area contributed by atoms with Crippen molar-refractivity contribution in [2.24, 2.45) is 10.4 Å². The molecule has 2 heterocycles. The maximum absolute atomic E-state index is 12.9. The van der Waals surface area contributed by atoms with Crippen LogP contribution in [0.25, 0.3) is 0 Å². The lowest BCUT2D eigenvalue weighted by molar-refractivity contribution is -0.117. The van der Waals surface area contributed by atoms with Crippen molar-refractivity contribution in [1.29, 1.82) is 0 Å². The Morgan fingerprint density at radius 1 is 1.03 bits per heavy atom. The lowest BCUT2D eigenvalue weighted by atomic mass is 9.77. The Balaban J connectivity index is 1.62. The van der Waals surface area contributed by atoms with Crippen molar-refractivity contribution in [3.8, 4) is 11.5 Å². The van der Waals surface area contributed by atoms with Crippen molar-refractivity contribution in [3.63, 3.8) is 0 Å². The largest absolute Gasteiger partial charge is 0.511 e. The minimum absolute atomic E-state index is 0.0807. The van der Waals surface area contributed by atoms with Gasteiger partial charge in [0, 0.05) is 19.1 Å². The number of allylic oxidation sites excluding steroid dienone is 2. The van der Waals surface area contributed by atoms with Crippen LogP contribution in [0.5, 0.6) is 11.5 Å². The molecule has 1 aromatic heterocycles. The molecular weight excluding hydrogens is 470 g/mol. The molecule has 5 rings (SSSR count). The van der Waals surface area contributed by atoms with Crippen molar-refractivity contribution in [3.05, 3.63) is 77.3 Å². The van der Waals surface area contributed by atoms with Crippen LogP contribution in [-0.2, 0) is 4.79 Å². The van der Waals surface area contributed by atoms with E-state index in [1.807, 2.05) is 67.1 Å². The molecular formula is C28H31N5O4. The fraction of sp³-hybridized carbons (Fsp3) is 0.357. The zero-order valence-electron chi connectivity index (χ0n) is 21.4. The predicted molar refractivity (Wildman–Crippen MR) is 140 cm³/mol. The third kappa shape index (κ3) is 4.81. The fourth-order valence-electron chi connectivity index (χ4n) is 5.12. The highest BCUT2D eigenvalue weighted by molar-refractivity contribution is 6.14. The lowest BCUT2D eigenvalue weighted by Gasteiger charge is -2.37. The summed E-state index contributed by atoms with van der Waals surface area (Å²) < 4.78 is 12.5. The van der Waals surface area contributed by atoms with Gasteiger partial charge in [0.05, 0.1) is 25.8 Å².